The Morgan fingerprint density at radius 1 is 1.20 bits per heavy atom. The van der Waals surface area contributed by atoms with Crippen molar-refractivity contribution in [1.82, 2.24) is 14.4 Å². The molecule has 0 spiro atoms. The third-order valence-corrected chi connectivity index (χ3v) is 3.02. The minimum absolute atomic E-state index is 0.110. The summed E-state index contributed by atoms with van der Waals surface area (Å²) in [6.45, 7) is 1.76. The molecule has 3 rings (SSSR count). The van der Waals surface area contributed by atoms with E-state index in [1.165, 1.54) is 18.2 Å². The van der Waals surface area contributed by atoms with Crippen LogP contribution in [0, 0.1) is 12.7 Å². The molecule has 0 amide bonds. The summed E-state index contributed by atoms with van der Waals surface area (Å²) in [6, 6.07) is 7.23. The second-order valence-corrected chi connectivity index (χ2v) is 4.33. The van der Waals surface area contributed by atoms with Gasteiger partial charge in [0.25, 0.3) is 0 Å². The smallest absolute Gasteiger partial charge is 0.339 e. The Balaban J connectivity index is 2.24. The molecular formula is C14H10FN3O2. The number of fused-ring (bicyclic) bond motifs is 1. The van der Waals surface area contributed by atoms with E-state index in [0.717, 1.165) is 0 Å². The molecule has 3 aromatic rings. The molecule has 6 heteroatoms. The first-order chi connectivity index (χ1) is 9.56. The lowest BCUT2D eigenvalue weighted by molar-refractivity contribution is 0.0699. The Morgan fingerprint density at radius 3 is 2.55 bits per heavy atom. The minimum atomic E-state index is -1.05. The number of carboxylic acids is 1. The quantitative estimate of drug-likeness (QED) is 0.777. The Hall–Kier alpha value is -2.76. The molecule has 0 fully saturated rings. The monoisotopic (exact) mass is 271 g/mol. The van der Waals surface area contributed by atoms with E-state index in [-0.39, 0.29) is 11.4 Å². The van der Waals surface area contributed by atoms with Gasteiger partial charge in [-0.05, 0) is 37.3 Å². The lowest BCUT2D eigenvalue weighted by atomic mass is 10.2. The van der Waals surface area contributed by atoms with Gasteiger partial charge in [0.05, 0.1) is 0 Å². The van der Waals surface area contributed by atoms with Crippen LogP contribution in [0.5, 0.6) is 0 Å². The molecule has 1 aromatic carbocycles. The van der Waals surface area contributed by atoms with Crippen molar-refractivity contribution >= 4 is 11.6 Å². The van der Waals surface area contributed by atoms with Crippen LogP contribution in [-0.4, -0.2) is 25.4 Å². The van der Waals surface area contributed by atoms with Crippen LogP contribution < -0.4 is 0 Å². The Morgan fingerprint density at radius 2 is 1.90 bits per heavy atom. The average Bonchev–Trinajstić information content (AvgIpc) is 2.84. The zero-order valence-electron chi connectivity index (χ0n) is 10.5. The summed E-state index contributed by atoms with van der Waals surface area (Å²) in [5.74, 6) is -0.408. The molecule has 100 valence electrons. The minimum Gasteiger partial charge on any atom is -0.478 e. The Bertz CT molecular complexity index is 809. The van der Waals surface area contributed by atoms with Crippen LogP contribution in [0.2, 0.25) is 0 Å². The topological polar surface area (TPSA) is 67.5 Å². The molecule has 0 atom stereocenters. The van der Waals surface area contributed by atoms with E-state index in [4.69, 9.17) is 5.11 Å². The summed E-state index contributed by atoms with van der Waals surface area (Å²) in [5.41, 5.74) is 1.07. The molecule has 2 heterocycles. The van der Waals surface area contributed by atoms with Crippen molar-refractivity contribution in [1.29, 1.82) is 0 Å². The van der Waals surface area contributed by atoms with Gasteiger partial charge in [-0.15, -0.1) is 0 Å². The highest BCUT2D eigenvalue weighted by Crippen LogP contribution is 2.19. The number of aryl methyl sites for hydroxylation is 1. The van der Waals surface area contributed by atoms with Gasteiger partial charge in [-0.2, -0.15) is 0 Å². The first-order valence-electron chi connectivity index (χ1n) is 5.91. The first kappa shape index (κ1) is 12.3. The van der Waals surface area contributed by atoms with Crippen LogP contribution >= 0.6 is 0 Å². The second-order valence-electron chi connectivity index (χ2n) is 4.33. The van der Waals surface area contributed by atoms with E-state index < -0.39 is 5.97 Å². The van der Waals surface area contributed by atoms with Gasteiger partial charge in [0.15, 0.2) is 11.5 Å². The van der Waals surface area contributed by atoms with Gasteiger partial charge in [-0.1, -0.05) is 0 Å². The summed E-state index contributed by atoms with van der Waals surface area (Å²) >= 11 is 0. The van der Waals surface area contributed by atoms with Crippen molar-refractivity contribution < 1.29 is 14.3 Å². The maximum atomic E-state index is 12.9. The molecule has 0 aliphatic heterocycles. The predicted molar refractivity (Wildman–Crippen MR) is 70.1 cm³/mol. The molecule has 0 unspecified atom stereocenters. The number of carboxylic acid groups (broad SMARTS) is 1. The number of halogens is 1. The van der Waals surface area contributed by atoms with Crippen molar-refractivity contribution in [3.63, 3.8) is 0 Å². The molecule has 0 aliphatic rings. The van der Waals surface area contributed by atoms with Crippen molar-refractivity contribution in [2.75, 3.05) is 0 Å². The van der Waals surface area contributed by atoms with Crippen LogP contribution in [0.15, 0.2) is 36.5 Å². The Kier molecular flexibility index (Phi) is 2.71. The third kappa shape index (κ3) is 1.91. The van der Waals surface area contributed by atoms with Gasteiger partial charge in [0.1, 0.15) is 17.2 Å². The van der Waals surface area contributed by atoms with Crippen LogP contribution in [0.4, 0.5) is 4.39 Å². The third-order valence-electron chi connectivity index (χ3n) is 3.02. The highest BCUT2D eigenvalue weighted by molar-refractivity contribution is 5.94. The van der Waals surface area contributed by atoms with E-state index >= 15 is 0 Å². The number of benzene rings is 1. The number of hydrogen-bond acceptors (Lipinski definition) is 3. The SMILES string of the molecule is Cc1nc(-c2ccc(F)cc2)nc2c(C(=O)O)ccn12. The number of hydrogen-bond donors (Lipinski definition) is 1. The van der Waals surface area contributed by atoms with Gasteiger partial charge in [0.2, 0.25) is 0 Å². The van der Waals surface area contributed by atoms with E-state index in [0.29, 0.717) is 22.9 Å². The van der Waals surface area contributed by atoms with Crippen molar-refractivity contribution in [3.05, 3.63) is 53.7 Å². The van der Waals surface area contributed by atoms with Gasteiger partial charge in [0, 0.05) is 11.8 Å². The number of aromatic carboxylic acids is 1. The number of aromatic nitrogens is 3. The van der Waals surface area contributed by atoms with Gasteiger partial charge in [-0.25, -0.2) is 19.2 Å². The van der Waals surface area contributed by atoms with Crippen molar-refractivity contribution in [2.45, 2.75) is 6.92 Å². The zero-order chi connectivity index (χ0) is 14.3. The zero-order valence-corrected chi connectivity index (χ0v) is 10.5. The van der Waals surface area contributed by atoms with Crippen LogP contribution in [0.3, 0.4) is 0 Å². The summed E-state index contributed by atoms with van der Waals surface area (Å²) in [4.78, 5) is 19.7. The predicted octanol–water partition coefficient (Wildman–Crippen LogP) is 2.54. The second kappa shape index (κ2) is 4.41. The van der Waals surface area contributed by atoms with Crippen molar-refractivity contribution in [2.24, 2.45) is 0 Å². The maximum absolute atomic E-state index is 12.9. The first-order valence-corrected chi connectivity index (χ1v) is 5.91. The largest absolute Gasteiger partial charge is 0.478 e. The van der Waals surface area contributed by atoms with Crippen LogP contribution in [0.25, 0.3) is 17.0 Å². The molecule has 0 bridgehead atoms. The average molecular weight is 271 g/mol. The molecule has 0 radical (unpaired) electrons. The standard InChI is InChI=1S/C14H10FN3O2/c1-8-16-12(9-2-4-10(15)5-3-9)17-13-11(14(19)20)6-7-18(8)13/h2-7H,1H3,(H,19,20). The van der Waals surface area contributed by atoms with Gasteiger partial charge < -0.3 is 5.11 Å². The fraction of sp³-hybridized carbons (Fsp3) is 0.0714. The molecule has 0 saturated heterocycles. The fourth-order valence-electron chi connectivity index (χ4n) is 2.03. The molecule has 20 heavy (non-hydrogen) atoms. The molecule has 1 N–H and O–H groups in total. The van der Waals surface area contributed by atoms with Gasteiger partial charge >= 0.3 is 5.97 Å². The lowest BCUT2D eigenvalue weighted by Crippen LogP contribution is -2.03. The van der Waals surface area contributed by atoms with E-state index in [1.54, 1.807) is 29.7 Å². The van der Waals surface area contributed by atoms with E-state index in [2.05, 4.69) is 9.97 Å². The molecular weight excluding hydrogens is 261 g/mol. The summed E-state index contributed by atoms with van der Waals surface area (Å²) < 4.78 is 14.5. The van der Waals surface area contributed by atoms with Crippen molar-refractivity contribution in [3.8, 4) is 11.4 Å². The van der Waals surface area contributed by atoms with E-state index in [9.17, 15) is 9.18 Å². The van der Waals surface area contributed by atoms with Crippen LogP contribution in [0.1, 0.15) is 16.2 Å². The number of nitrogens with zero attached hydrogens (tertiary/aromatic N) is 3. The van der Waals surface area contributed by atoms with Crippen LogP contribution in [-0.2, 0) is 0 Å². The number of carbonyl (C=O) groups is 1. The number of rotatable bonds is 2. The summed E-state index contributed by atoms with van der Waals surface area (Å²) in [6.07, 6.45) is 1.61. The Labute approximate surface area is 113 Å². The fourth-order valence-corrected chi connectivity index (χ4v) is 2.03. The maximum Gasteiger partial charge on any atom is 0.339 e. The normalized spacial score (nSPS) is 10.9. The van der Waals surface area contributed by atoms with E-state index in [1.807, 2.05) is 0 Å². The lowest BCUT2D eigenvalue weighted by Gasteiger charge is -2.05. The highest BCUT2D eigenvalue weighted by Gasteiger charge is 2.14. The summed E-state index contributed by atoms with van der Waals surface area (Å²) in [7, 11) is 0. The molecule has 0 saturated carbocycles. The van der Waals surface area contributed by atoms with Gasteiger partial charge in [-0.3, -0.25) is 4.40 Å². The summed E-state index contributed by atoms with van der Waals surface area (Å²) in [5, 5.41) is 9.14. The highest BCUT2D eigenvalue weighted by atomic mass is 19.1. The molecule has 2 aromatic heterocycles. The molecule has 0 aliphatic carbocycles. The molecule has 5 nitrogen and oxygen atoms in total.